The van der Waals surface area contributed by atoms with Crippen LogP contribution in [0.25, 0.3) is 0 Å². The van der Waals surface area contributed by atoms with Crippen LogP contribution in [0.5, 0.6) is 0 Å². The van der Waals surface area contributed by atoms with Crippen LogP contribution >= 0.6 is 0 Å². The number of carbonyl (C=O) groups excluding carboxylic acids is 3. The largest absolute Gasteiger partial charge is 0.330 e. The monoisotopic (exact) mass is 358 g/mol. The molecule has 140 valence electrons. The van der Waals surface area contributed by atoms with Gasteiger partial charge in [0.15, 0.2) is 0 Å². The van der Waals surface area contributed by atoms with Gasteiger partial charge in [0.1, 0.15) is 6.04 Å². The standard InChI is InChI=1S/C19H26N4O3/c1-12(4-3-9-20)21-10-13-5-2-6-14-15(13)11-23(19(14)26)16-7-8-17(24)22-18(16)25/h2,5-6,12,16,21H,3-4,7-11,20H2,1H3,(H,22,24,25). The fourth-order valence-corrected chi connectivity index (χ4v) is 3.63. The van der Waals surface area contributed by atoms with Gasteiger partial charge in [0.2, 0.25) is 11.8 Å². The highest BCUT2D eigenvalue weighted by molar-refractivity contribution is 6.05. The molecule has 7 heteroatoms. The highest BCUT2D eigenvalue weighted by Crippen LogP contribution is 2.29. The van der Waals surface area contributed by atoms with Gasteiger partial charge in [-0.15, -0.1) is 0 Å². The average Bonchev–Trinajstić information content (AvgIpc) is 2.95. The fourth-order valence-electron chi connectivity index (χ4n) is 3.63. The summed E-state index contributed by atoms with van der Waals surface area (Å²) in [6, 6.07) is 5.48. The summed E-state index contributed by atoms with van der Waals surface area (Å²) in [5.74, 6) is -0.781. The van der Waals surface area contributed by atoms with Crippen LogP contribution in [0.2, 0.25) is 0 Å². The van der Waals surface area contributed by atoms with Gasteiger partial charge in [0, 0.05) is 31.1 Å². The van der Waals surface area contributed by atoms with Gasteiger partial charge in [0.25, 0.3) is 5.91 Å². The number of carbonyl (C=O) groups is 3. The molecule has 1 fully saturated rings. The quantitative estimate of drug-likeness (QED) is 0.621. The molecule has 26 heavy (non-hydrogen) atoms. The van der Waals surface area contributed by atoms with Gasteiger partial charge in [-0.2, -0.15) is 0 Å². The Labute approximate surface area is 153 Å². The maximum Gasteiger partial charge on any atom is 0.255 e. The van der Waals surface area contributed by atoms with Crippen molar-refractivity contribution in [3.8, 4) is 0 Å². The topological polar surface area (TPSA) is 105 Å². The second kappa shape index (κ2) is 7.97. The van der Waals surface area contributed by atoms with Gasteiger partial charge < -0.3 is 16.0 Å². The van der Waals surface area contributed by atoms with Gasteiger partial charge in [-0.25, -0.2) is 0 Å². The van der Waals surface area contributed by atoms with E-state index < -0.39 is 6.04 Å². The lowest BCUT2D eigenvalue weighted by Crippen LogP contribution is -2.52. The van der Waals surface area contributed by atoms with Crippen LogP contribution in [0.3, 0.4) is 0 Å². The molecule has 2 aliphatic rings. The highest BCUT2D eigenvalue weighted by Gasteiger charge is 2.39. The first kappa shape index (κ1) is 18.5. The maximum atomic E-state index is 12.8. The summed E-state index contributed by atoms with van der Waals surface area (Å²) < 4.78 is 0. The first-order valence-electron chi connectivity index (χ1n) is 9.20. The average molecular weight is 358 g/mol. The molecule has 0 aromatic heterocycles. The first-order chi connectivity index (χ1) is 12.5. The van der Waals surface area contributed by atoms with E-state index in [-0.39, 0.29) is 24.1 Å². The Bertz CT molecular complexity index is 719. The Kier molecular flexibility index (Phi) is 5.68. The number of benzene rings is 1. The molecule has 0 aliphatic carbocycles. The van der Waals surface area contributed by atoms with Crippen molar-refractivity contribution in [2.24, 2.45) is 5.73 Å². The summed E-state index contributed by atoms with van der Waals surface area (Å²) in [7, 11) is 0. The number of piperidine rings is 1. The van der Waals surface area contributed by atoms with Crippen LogP contribution in [-0.4, -0.2) is 41.2 Å². The van der Waals surface area contributed by atoms with Crippen molar-refractivity contribution in [2.75, 3.05) is 6.54 Å². The number of amides is 3. The van der Waals surface area contributed by atoms with Crippen molar-refractivity contribution in [3.05, 3.63) is 34.9 Å². The Hall–Kier alpha value is -2.25. The zero-order valence-electron chi connectivity index (χ0n) is 15.1. The molecule has 2 heterocycles. The van der Waals surface area contributed by atoms with Gasteiger partial charge in [-0.1, -0.05) is 12.1 Å². The summed E-state index contributed by atoms with van der Waals surface area (Å²) in [6.45, 7) is 3.89. The third kappa shape index (κ3) is 3.78. The van der Waals surface area contributed by atoms with E-state index in [1.54, 1.807) is 4.90 Å². The van der Waals surface area contributed by atoms with Crippen molar-refractivity contribution in [1.82, 2.24) is 15.5 Å². The molecule has 2 aliphatic heterocycles. The van der Waals surface area contributed by atoms with Crippen molar-refractivity contribution in [2.45, 2.75) is 57.8 Å². The molecular formula is C19H26N4O3. The third-order valence-electron chi connectivity index (χ3n) is 5.16. The van der Waals surface area contributed by atoms with Gasteiger partial charge in [-0.3, -0.25) is 19.7 Å². The minimum absolute atomic E-state index is 0.132. The molecule has 0 radical (unpaired) electrons. The number of nitrogens with two attached hydrogens (primary N) is 1. The normalized spacial score (nSPS) is 20.9. The van der Waals surface area contributed by atoms with Crippen LogP contribution in [-0.2, 0) is 22.7 Å². The van der Waals surface area contributed by atoms with E-state index in [2.05, 4.69) is 17.6 Å². The van der Waals surface area contributed by atoms with Crippen molar-refractivity contribution in [3.63, 3.8) is 0 Å². The van der Waals surface area contributed by atoms with Gasteiger partial charge >= 0.3 is 0 Å². The molecule has 2 atom stereocenters. The lowest BCUT2D eigenvalue weighted by molar-refractivity contribution is -0.136. The summed E-state index contributed by atoms with van der Waals surface area (Å²) in [6.07, 6.45) is 2.63. The van der Waals surface area contributed by atoms with Gasteiger partial charge in [-0.05, 0) is 49.9 Å². The summed E-state index contributed by atoms with van der Waals surface area (Å²) in [5, 5.41) is 5.81. The SMILES string of the molecule is CC(CCCN)NCc1cccc2c1CN(C1CCC(=O)NC1=O)C2=O. The maximum absolute atomic E-state index is 12.8. The number of hydrogen-bond donors (Lipinski definition) is 3. The van der Waals surface area contributed by atoms with Crippen LogP contribution < -0.4 is 16.4 Å². The highest BCUT2D eigenvalue weighted by atomic mass is 16.2. The van der Waals surface area contributed by atoms with Crippen LogP contribution in [0, 0.1) is 0 Å². The second-order valence-electron chi connectivity index (χ2n) is 7.06. The predicted molar refractivity (Wildman–Crippen MR) is 97.1 cm³/mol. The molecule has 0 bridgehead atoms. The molecule has 2 unspecified atom stereocenters. The predicted octanol–water partition coefficient (Wildman–Crippen LogP) is 0.665. The van der Waals surface area contributed by atoms with E-state index >= 15 is 0 Å². The number of nitrogens with one attached hydrogen (secondary N) is 2. The molecule has 3 amide bonds. The molecule has 0 spiro atoms. The van der Waals surface area contributed by atoms with E-state index in [0.29, 0.717) is 37.7 Å². The molecule has 7 nitrogen and oxygen atoms in total. The number of imide groups is 1. The fraction of sp³-hybridized carbons (Fsp3) is 0.526. The lowest BCUT2D eigenvalue weighted by atomic mass is 10.0. The van der Waals surface area contributed by atoms with Crippen LogP contribution in [0.15, 0.2) is 18.2 Å². The number of rotatable bonds is 7. The minimum Gasteiger partial charge on any atom is -0.330 e. The summed E-state index contributed by atoms with van der Waals surface area (Å²) in [4.78, 5) is 37.9. The van der Waals surface area contributed by atoms with Crippen LogP contribution in [0.4, 0.5) is 0 Å². The lowest BCUT2D eigenvalue weighted by Gasteiger charge is -2.29. The zero-order chi connectivity index (χ0) is 18.7. The number of hydrogen-bond acceptors (Lipinski definition) is 5. The van der Waals surface area contributed by atoms with Crippen LogP contribution in [0.1, 0.15) is 54.1 Å². The third-order valence-corrected chi connectivity index (χ3v) is 5.16. The summed E-state index contributed by atoms with van der Waals surface area (Å²) in [5.41, 5.74) is 8.26. The van der Waals surface area contributed by atoms with E-state index in [1.165, 1.54) is 0 Å². The van der Waals surface area contributed by atoms with Gasteiger partial charge in [0.05, 0.1) is 0 Å². The molecule has 1 aromatic carbocycles. The smallest absolute Gasteiger partial charge is 0.255 e. The van der Waals surface area contributed by atoms with Crippen molar-refractivity contribution in [1.29, 1.82) is 0 Å². The number of nitrogens with zero attached hydrogens (tertiary/aromatic N) is 1. The van der Waals surface area contributed by atoms with Crippen molar-refractivity contribution >= 4 is 17.7 Å². The Morgan fingerprint density at radius 1 is 1.35 bits per heavy atom. The Morgan fingerprint density at radius 2 is 2.15 bits per heavy atom. The van der Waals surface area contributed by atoms with E-state index in [4.69, 9.17) is 5.73 Å². The molecule has 1 saturated heterocycles. The number of fused-ring (bicyclic) bond motifs is 1. The zero-order valence-corrected chi connectivity index (χ0v) is 15.1. The molecule has 1 aromatic rings. The van der Waals surface area contributed by atoms with Crippen molar-refractivity contribution < 1.29 is 14.4 Å². The Balaban J connectivity index is 1.71. The van der Waals surface area contributed by atoms with E-state index in [0.717, 1.165) is 24.0 Å². The molecule has 0 saturated carbocycles. The summed E-state index contributed by atoms with van der Waals surface area (Å²) >= 11 is 0. The van der Waals surface area contributed by atoms with E-state index in [9.17, 15) is 14.4 Å². The molecular weight excluding hydrogens is 332 g/mol. The molecule has 3 rings (SSSR count). The first-order valence-corrected chi connectivity index (χ1v) is 9.20. The molecule has 4 N–H and O–H groups in total. The Morgan fingerprint density at radius 3 is 2.88 bits per heavy atom. The minimum atomic E-state index is -0.572. The second-order valence-corrected chi connectivity index (χ2v) is 7.06. The van der Waals surface area contributed by atoms with E-state index in [1.807, 2.05) is 18.2 Å².